The molecule has 3 nitrogen and oxygen atoms in total. The molecule has 3 heteroatoms. The highest BCUT2D eigenvalue weighted by Crippen LogP contribution is 2.19. The third-order valence-corrected chi connectivity index (χ3v) is 3.57. The van der Waals surface area contributed by atoms with Gasteiger partial charge in [0.05, 0.1) is 6.42 Å². The maximum Gasteiger partial charge on any atom is 0.221 e. The second-order valence-corrected chi connectivity index (χ2v) is 5.01. The molecule has 104 valence electrons. The van der Waals surface area contributed by atoms with Gasteiger partial charge in [-0.15, -0.1) is 0 Å². The second kappa shape index (κ2) is 6.24. The van der Waals surface area contributed by atoms with E-state index in [2.05, 4.69) is 37.4 Å². The SMILES string of the molecule is Cc1cccc(CNc2ccccc2CC(N)=O)c1C. The zero-order valence-corrected chi connectivity index (χ0v) is 11.9. The number of carbonyl (C=O) groups is 1. The highest BCUT2D eigenvalue weighted by molar-refractivity contribution is 5.78. The number of aryl methyl sites for hydroxylation is 1. The average molecular weight is 268 g/mol. The smallest absolute Gasteiger partial charge is 0.221 e. The summed E-state index contributed by atoms with van der Waals surface area (Å²) >= 11 is 0. The Morgan fingerprint density at radius 2 is 1.75 bits per heavy atom. The number of anilines is 1. The van der Waals surface area contributed by atoms with Crippen LogP contribution < -0.4 is 11.1 Å². The average Bonchev–Trinajstić information content (AvgIpc) is 2.41. The molecule has 0 fully saturated rings. The van der Waals surface area contributed by atoms with Gasteiger partial charge in [0.2, 0.25) is 5.91 Å². The van der Waals surface area contributed by atoms with Crippen LogP contribution in [0.3, 0.4) is 0 Å². The number of nitrogens with one attached hydrogen (secondary N) is 1. The number of nitrogens with two attached hydrogens (primary N) is 1. The van der Waals surface area contributed by atoms with Gasteiger partial charge in [-0.3, -0.25) is 4.79 Å². The number of hydrogen-bond acceptors (Lipinski definition) is 2. The van der Waals surface area contributed by atoms with Crippen LogP contribution >= 0.6 is 0 Å². The van der Waals surface area contributed by atoms with Crippen molar-refractivity contribution in [3.63, 3.8) is 0 Å². The molecule has 0 heterocycles. The van der Waals surface area contributed by atoms with E-state index < -0.39 is 0 Å². The number of para-hydroxylation sites is 1. The molecule has 2 aromatic carbocycles. The molecule has 0 unspecified atom stereocenters. The molecule has 0 bridgehead atoms. The number of rotatable bonds is 5. The molecule has 0 atom stereocenters. The Labute approximate surface area is 119 Å². The fraction of sp³-hybridized carbons (Fsp3) is 0.235. The van der Waals surface area contributed by atoms with Crippen LogP contribution in [0.15, 0.2) is 42.5 Å². The fourth-order valence-corrected chi connectivity index (χ4v) is 2.23. The molecule has 0 saturated heterocycles. The van der Waals surface area contributed by atoms with Gasteiger partial charge in [-0.2, -0.15) is 0 Å². The van der Waals surface area contributed by atoms with Gasteiger partial charge in [-0.1, -0.05) is 36.4 Å². The number of hydrogen-bond donors (Lipinski definition) is 2. The summed E-state index contributed by atoms with van der Waals surface area (Å²) in [6.45, 7) is 4.98. The first kappa shape index (κ1) is 14.1. The van der Waals surface area contributed by atoms with Gasteiger partial charge in [0.1, 0.15) is 0 Å². The summed E-state index contributed by atoms with van der Waals surface area (Å²) in [4.78, 5) is 11.1. The van der Waals surface area contributed by atoms with E-state index in [1.807, 2.05) is 24.3 Å². The summed E-state index contributed by atoms with van der Waals surface area (Å²) in [5.41, 5.74) is 11.0. The topological polar surface area (TPSA) is 55.1 Å². The Morgan fingerprint density at radius 1 is 1.05 bits per heavy atom. The third-order valence-electron chi connectivity index (χ3n) is 3.57. The zero-order valence-electron chi connectivity index (χ0n) is 11.9. The summed E-state index contributed by atoms with van der Waals surface area (Å²) in [5.74, 6) is -0.314. The lowest BCUT2D eigenvalue weighted by Gasteiger charge is -2.13. The lowest BCUT2D eigenvalue weighted by Crippen LogP contribution is -2.15. The summed E-state index contributed by atoms with van der Waals surface area (Å²) in [7, 11) is 0. The van der Waals surface area contributed by atoms with Crippen molar-refractivity contribution in [3.8, 4) is 0 Å². The van der Waals surface area contributed by atoms with Crippen LogP contribution in [-0.4, -0.2) is 5.91 Å². The summed E-state index contributed by atoms with van der Waals surface area (Å²) in [6.07, 6.45) is 0.260. The molecular formula is C17H20N2O. The standard InChI is InChI=1S/C17H20N2O/c1-12-6-5-8-15(13(12)2)11-19-16-9-4-3-7-14(16)10-17(18)20/h3-9,19H,10-11H2,1-2H3,(H2,18,20). The molecule has 0 radical (unpaired) electrons. The van der Waals surface area contributed by atoms with Crippen molar-refractivity contribution >= 4 is 11.6 Å². The quantitative estimate of drug-likeness (QED) is 0.876. The highest BCUT2D eigenvalue weighted by atomic mass is 16.1. The van der Waals surface area contributed by atoms with Crippen LogP contribution in [0.25, 0.3) is 0 Å². The van der Waals surface area contributed by atoms with E-state index in [-0.39, 0.29) is 12.3 Å². The van der Waals surface area contributed by atoms with Gasteiger partial charge in [-0.25, -0.2) is 0 Å². The molecule has 3 N–H and O–H groups in total. The Bertz CT molecular complexity index is 620. The first-order valence-corrected chi connectivity index (χ1v) is 6.73. The molecule has 0 aromatic heterocycles. The highest BCUT2D eigenvalue weighted by Gasteiger charge is 2.06. The zero-order chi connectivity index (χ0) is 14.5. The van der Waals surface area contributed by atoms with Crippen LogP contribution in [0.1, 0.15) is 22.3 Å². The Balaban J connectivity index is 2.15. The van der Waals surface area contributed by atoms with E-state index in [4.69, 9.17) is 5.73 Å². The maximum atomic E-state index is 11.1. The second-order valence-electron chi connectivity index (χ2n) is 5.01. The predicted molar refractivity (Wildman–Crippen MR) is 82.6 cm³/mol. The third kappa shape index (κ3) is 3.38. The van der Waals surface area contributed by atoms with Gasteiger partial charge < -0.3 is 11.1 Å². The number of primary amides is 1. The normalized spacial score (nSPS) is 10.3. The molecule has 0 spiro atoms. The monoisotopic (exact) mass is 268 g/mol. The maximum absolute atomic E-state index is 11.1. The van der Waals surface area contributed by atoms with E-state index in [9.17, 15) is 4.79 Å². The molecule has 0 aliphatic carbocycles. The van der Waals surface area contributed by atoms with Crippen LogP contribution in [0.5, 0.6) is 0 Å². The van der Waals surface area contributed by atoms with Gasteiger partial charge in [-0.05, 0) is 42.2 Å². The van der Waals surface area contributed by atoms with E-state index in [1.165, 1.54) is 16.7 Å². The van der Waals surface area contributed by atoms with Crippen molar-refractivity contribution in [1.29, 1.82) is 0 Å². The van der Waals surface area contributed by atoms with Gasteiger partial charge >= 0.3 is 0 Å². The predicted octanol–water partition coefficient (Wildman–Crippen LogP) is 2.94. The minimum atomic E-state index is -0.314. The minimum Gasteiger partial charge on any atom is -0.381 e. The van der Waals surface area contributed by atoms with E-state index in [0.29, 0.717) is 0 Å². The molecular weight excluding hydrogens is 248 g/mol. The van der Waals surface area contributed by atoms with Crippen molar-refractivity contribution < 1.29 is 4.79 Å². The first-order valence-electron chi connectivity index (χ1n) is 6.73. The minimum absolute atomic E-state index is 0.260. The van der Waals surface area contributed by atoms with Crippen LogP contribution in [0.4, 0.5) is 5.69 Å². The van der Waals surface area contributed by atoms with Gasteiger partial charge in [0.25, 0.3) is 0 Å². The van der Waals surface area contributed by atoms with Crippen LogP contribution in [0.2, 0.25) is 0 Å². The van der Waals surface area contributed by atoms with Gasteiger partial charge in [0, 0.05) is 12.2 Å². The number of amides is 1. The number of carbonyl (C=O) groups excluding carboxylic acids is 1. The van der Waals surface area contributed by atoms with Crippen molar-refractivity contribution in [3.05, 3.63) is 64.7 Å². The molecule has 0 aliphatic heterocycles. The molecule has 0 aliphatic rings. The van der Waals surface area contributed by atoms with Crippen molar-refractivity contribution in [2.75, 3.05) is 5.32 Å². The van der Waals surface area contributed by atoms with Crippen LogP contribution in [-0.2, 0) is 17.8 Å². The fourth-order valence-electron chi connectivity index (χ4n) is 2.23. The Kier molecular flexibility index (Phi) is 4.41. The number of benzene rings is 2. The molecule has 2 rings (SSSR count). The van der Waals surface area contributed by atoms with E-state index in [1.54, 1.807) is 0 Å². The lowest BCUT2D eigenvalue weighted by atomic mass is 10.0. The molecule has 2 aromatic rings. The van der Waals surface area contributed by atoms with E-state index in [0.717, 1.165) is 17.8 Å². The molecule has 20 heavy (non-hydrogen) atoms. The van der Waals surface area contributed by atoms with Crippen molar-refractivity contribution in [2.24, 2.45) is 5.73 Å². The molecule has 0 saturated carbocycles. The Morgan fingerprint density at radius 3 is 2.50 bits per heavy atom. The van der Waals surface area contributed by atoms with Crippen molar-refractivity contribution in [1.82, 2.24) is 0 Å². The summed E-state index contributed by atoms with van der Waals surface area (Å²) in [5, 5.41) is 3.40. The summed E-state index contributed by atoms with van der Waals surface area (Å²) in [6, 6.07) is 14.1. The Hall–Kier alpha value is -2.29. The lowest BCUT2D eigenvalue weighted by molar-refractivity contribution is -0.117. The van der Waals surface area contributed by atoms with E-state index >= 15 is 0 Å². The van der Waals surface area contributed by atoms with Gasteiger partial charge in [0.15, 0.2) is 0 Å². The summed E-state index contributed by atoms with van der Waals surface area (Å²) < 4.78 is 0. The first-order chi connectivity index (χ1) is 9.58. The van der Waals surface area contributed by atoms with Crippen LogP contribution in [0, 0.1) is 13.8 Å². The largest absolute Gasteiger partial charge is 0.381 e. The van der Waals surface area contributed by atoms with Crippen molar-refractivity contribution in [2.45, 2.75) is 26.8 Å². The molecule has 1 amide bonds.